The molecule has 0 saturated carbocycles. The predicted octanol–water partition coefficient (Wildman–Crippen LogP) is 1.17. The molecule has 3 rings (SSSR count). The second-order valence-electron chi connectivity index (χ2n) is 4.51. The van der Waals surface area contributed by atoms with Crippen molar-refractivity contribution in [3.63, 3.8) is 0 Å². The quantitative estimate of drug-likeness (QED) is 0.757. The lowest BCUT2D eigenvalue weighted by molar-refractivity contribution is -0.0511. The highest BCUT2D eigenvalue weighted by Crippen LogP contribution is 2.31. The Labute approximate surface area is 127 Å². The van der Waals surface area contributed by atoms with Gasteiger partial charge in [0.15, 0.2) is 11.5 Å². The molecule has 0 bridgehead atoms. The zero-order valence-electron chi connectivity index (χ0n) is 11.9. The molecule has 0 aliphatic rings. The maximum Gasteiger partial charge on any atom is 0.387 e. The van der Waals surface area contributed by atoms with Crippen LogP contribution in [0.15, 0.2) is 29.3 Å². The van der Waals surface area contributed by atoms with Crippen LogP contribution in [0, 0.1) is 0 Å². The zero-order chi connectivity index (χ0) is 16.4. The molecular weight excluding hydrogens is 312 g/mol. The van der Waals surface area contributed by atoms with Crippen LogP contribution in [0.2, 0.25) is 0 Å². The number of methoxy groups -OCH3 is 1. The minimum atomic E-state index is -3.02. The number of H-pyrrole nitrogens is 1. The maximum absolute atomic E-state index is 12.5. The van der Waals surface area contributed by atoms with Crippen LogP contribution in [0.3, 0.4) is 0 Å². The third kappa shape index (κ3) is 3.10. The summed E-state index contributed by atoms with van der Waals surface area (Å²) in [5, 5.41) is 7.61. The number of halogens is 2. The lowest BCUT2D eigenvalue weighted by atomic mass is 10.2. The topological polar surface area (TPSA) is 94.9 Å². The van der Waals surface area contributed by atoms with Gasteiger partial charge in [-0.2, -0.15) is 8.78 Å². The van der Waals surface area contributed by atoms with Gasteiger partial charge in [-0.15, -0.1) is 5.10 Å². The average molecular weight is 323 g/mol. The summed E-state index contributed by atoms with van der Waals surface area (Å²) < 4.78 is 35.7. The van der Waals surface area contributed by atoms with Gasteiger partial charge in [0, 0.05) is 12.3 Å². The Bertz CT molecular complexity index is 879. The van der Waals surface area contributed by atoms with Crippen molar-refractivity contribution in [2.75, 3.05) is 7.11 Å². The second-order valence-corrected chi connectivity index (χ2v) is 4.51. The lowest BCUT2D eigenvalue weighted by Crippen LogP contribution is -2.15. The lowest BCUT2D eigenvalue weighted by Gasteiger charge is -2.11. The van der Waals surface area contributed by atoms with Gasteiger partial charge in [-0.3, -0.25) is 4.79 Å². The van der Waals surface area contributed by atoms with Crippen LogP contribution >= 0.6 is 0 Å². The first-order valence-corrected chi connectivity index (χ1v) is 6.46. The number of hydrogen-bond acceptors (Lipinski definition) is 6. The van der Waals surface area contributed by atoms with Gasteiger partial charge in [-0.1, -0.05) is 5.21 Å². The van der Waals surface area contributed by atoms with Gasteiger partial charge < -0.3 is 14.5 Å². The molecule has 2 heterocycles. The van der Waals surface area contributed by atoms with E-state index in [-0.39, 0.29) is 28.9 Å². The molecule has 2 aromatic heterocycles. The third-order valence-corrected chi connectivity index (χ3v) is 3.04. The summed E-state index contributed by atoms with van der Waals surface area (Å²) in [5.74, 6) is 0.134. The van der Waals surface area contributed by atoms with Crippen molar-refractivity contribution in [3.8, 4) is 11.5 Å². The monoisotopic (exact) mass is 323 g/mol. The van der Waals surface area contributed by atoms with Crippen LogP contribution < -0.4 is 15.0 Å². The Morgan fingerprint density at radius 3 is 2.83 bits per heavy atom. The Kier molecular flexibility index (Phi) is 3.87. The van der Waals surface area contributed by atoms with E-state index in [0.717, 1.165) is 0 Å². The summed E-state index contributed by atoms with van der Waals surface area (Å²) >= 11 is 0. The van der Waals surface area contributed by atoms with Gasteiger partial charge in [-0.05, 0) is 6.07 Å². The number of ether oxygens (including phenoxy) is 2. The molecule has 3 aromatic rings. The van der Waals surface area contributed by atoms with Gasteiger partial charge in [0.25, 0.3) is 5.56 Å². The summed E-state index contributed by atoms with van der Waals surface area (Å²) in [7, 11) is 1.29. The minimum Gasteiger partial charge on any atom is -0.493 e. The van der Waals surface area contributed by atoms with Crippen LogP contribution in [-0.2, 0) is 6.54 Å². The number of rotatable bonds is 5. The van der Waals surface area contributed by atoms with Gasteiger partial charge in [0.1, 0.15) is 12.4 Å². The Balaban J connectivity index is 2.08. The van der Waals surface area contributed by atoms with Crippen LogP contribution in [0.25, 0.3) is 10.9 Å². The van der Waals surface area contributed by atoms with Crippen molar-refractivity contribution < 1.29 is 18.3 Å². The van der Waals surface area contributed by atoms with Crippen LogP contribution in [0.4, 0.5) is 8.78 Å². The van der Waals surface area contributed by atoms with Crippen molar-refractivity contribution in [3.05, 3.63) is 40.7 Å². The fraction of sp³-hybridized carbons (Fsp3) is 0.231. The van der Waals surface area contributed by atoms with E-state index in [1.807, 2.05) is 0 Å². The number of benzene rings is 1. The van der Waals surface area contributed by atoms with E-state index in [9.17, 15) is 13.6 Å². The van der Waals surface area contributed by atoms with Crippen molar-refractivity contribution in [1.29, 1.82) is 0 Å². The molecule has 0 aliphatic heterocycles. The number of aromatic amines is 1. The number of alkyl halides is 2. The molecule has 0 amide bonds. The highest BCUT2D eigenvalue weighted by Gasteiger charge is 2.15. The zero-order valence-corrected chi connectivity index (χ0v) is 11.9. The SMILES string of the molecule is COc1cc2c(=O)[nH]c(Cn3ccnn3)nc2cc1OC(F)F. The molecule has 0 saturated heterocycles. The largest absolute Gasteiger partial charge is 0.493 e. The maximum atomic E-state index is 12.5. The van der Waals surface area contributed by atoms with Crippen molar-refractivity contribution in [2.45, 2.75) is 13.2 Å². The van der Waals surface area contributed by atoms with E-state index >= 15 is 0 Å². The highest BCUT2D eigenvalue weighted by atomic mass is 19.3. The van der Waals surface area contributed by atoms with Gasteiger partial charge in [0.05, 0.1) is 24.2 Å². The fourth-order valence-electron chi connectivity index (χ4n) is 2.09. The minimum absolute atomic E-state index is 0.0223. The summed E-state index contributed by atoms with van der Waals surface area (Å²) in [6, 6.07) is 2.54. The van der Waals surface area contributed by atoms with Gasteiger partial charge in [0.2, 0.25) is 0 Å². The molecule has 0 aliphatic carbocycles. The molecule has 0 fully saturated rings. The Morgan fingerprint density at radius 1 is 1.35 bits per heavy atom. The molecule has 10 heteroatoms. The average Bonchev–Trinajstić information content (AvgIpc) is 2.99. The molecule has 0 radical (unpaired) electrons. The second kappa shape index (κ2) is 5.99. The van der Waals surface area contributed by atoms with Crippen molar-refractivity contribution in [2.24, 2.45) is 0 Å². The molecule has 0 spiro atoms. The molecule has 120 valence electrons. The third-order valence-electron chi connectivity index (χ3n) is 3.04. The van der Waals surface area contributed by atoms with E-state index in [2.05, 4.69) is 25.0 Å². The van der Waals surface area contributed by atoms with E-state index < -0.39 is 12.2 Å². The number of nitrogens with one attached hydrogen (secondary N) is 1. The molecule has 1 N–H and O–H groups in total. The van der Waals surface area contributed by atoms with Crippen LogP contribution in [0.1, 0.15) is 5.82 Å². The summed E-state index contributed by atoms with van der Waals surface area (Å²) in [5.41, 5.74) is -0.215. The molecule has 0 atom stereocenters. The molecule has 1 aromatic carbocycles. The van der Waals surface area contributed by atoms with Crippen molar-refractivity contribution in [1.82, 2.24) is 25.0 Å². The molecular formula is C13H11F2N5O3. The van der Waals surface area contributed by atoms with Crippen LogP contribution in [-0.4, -0.2) is 38.7 Å². The Hall–Kier alpha value is -3.04. The highest BCUT2D eigenvalue weighted by molar-refractivity contribution is 5.81. The number of fused-ring (bicyclic) bond motifs is 1. The van der Waals surface area contributed by atoms with E-state index in [1.165, 1.54) is 30.1 Å². The Morgan fingerprint density at radius 2 is 2.17 bits per heavy atom. The molecule has 23 heavy (non-hydrogen) atoms. The first-order valence-electron chi connectivity index (χ1n) is 6.46. The summed E-state index contributed by atoms with van der Waals surface area (Å²) in [6.07, 6.45) is 3.09. The van der Waals surface area contributed by atoms with Gasteiger partial charge in [-0.25, -0.2) is 9.67 Å². The molecule has 8 nitrogen and oxygen atoms in total. The molecule has 0 unspecified atom stereocenters. The van der Waals surface area contributed by atoms with E-state index in [4.69, 9.17) is 4.74 Å². The summed E-state index contributed by atoms with van der Waals surface area (Å²) in [6.45, 7) is -2.83. The fourth-order valence-corrected chi connectivity index (χ4v) is 2.09. The smallest absolute Gasteiger partial charge is 0.387 e. The number of hydrogen-bond donors (Lipinski definition) is 1. The van der Waals surface area contributed by atoms with E-state index in [1.54, 1.807) is 6.20 Å². The van der Waals surface area contributed by atoms with Gasteiger partial charge >= 0.3 is 6.61 Å². The van der Waals surface area contributed by atoms with Crippen molar-refractivity contribution >= 4 is 10.9 Å². The predicted molar refractivity (Wildman–Crippen MR) is 74.7 cm³/mol. The number of aromatic nitrogens is 5. The number of nitrogens with zero attached hydrogens (tertiary/aromatic N) is 4. The first-order chi connectivity index (χ1) is 11.1. The van der Waals surface area contributed by atoms with Crippen LogP contribution in [0.5, 0.6) is 11.5 Å². The first kappa shape index (κ1) is 14.9. The standard InChI is InChI=1S/C13H11F2N5O3/c1-22-9-4-7-8(5-10(9)23-13(14)15)17-11(18-12(7)21)6-20-3-2-16-19-20/h2-5,13H,6H2,1H3,(H,17,18,21). The summed E-state index contributed by atoms with van der Waals surface area (Å²) in [4.78, 5) is 19.0. The van der Waals surface area contributed by atoms with E-state index in [0.29, 0.717) is 5.82 Å². The normalized spacial score (nSPS) is 11.1.